The third kappa shape index (κ3) is 4.70. The van der Waals surface area contributed by atoms with Gasteiger partial charge in [0.2, 0.25) is 0 Å². The fourth-order valence-electron chi connectivity index (χ4n) is 3.15. The molecular formula is C23H17N3O6S2. The average Bonchev–Trinajstić information content (AvgIpc) is 3.39. The van der Waals surface area contributed by atoms with Gasteiger partial charge in [0.25, 0.3) is 17.5 Å². The molecule has 2 heterocycles. The molecule has 0 saturated carbocycles. The number of nitro benzene ring substituents is 1. The molecule has 1 aromatic heterocycles. The van der Waals surface area contributed by atoms with Gasteiger partial charge in [-0.3, -0.25) is 25.1 Å². The van der Waals surface area contributed by atoms with Gasteiger partial charge in [0.15, 0.2) is 4.32 Å². The van der Waals surface area contributed by atoms with Crippen LogP contribution in [0.25, 0.3) is 17.4 Å². The second kappa shape index (κ2) is 9.49. The zero-order chi connectivity index (χ0) is 24.4. The minimum absolute atomic E-state index is 0.0103. The zero-order valence-electron chi connectivity index (χ0n) is 17.9. The van der Waals surface area contributed by atoms with Crippen LogP contribution in [-0.2, 0) is 4.79 Å². The first-order chi connectivity index (χ1) is 16.3. The molecule has 1 aliphatic heterocycles. The van der Waals surface area contributed by atoms with Crippen LogP contribution in [-0.4, -0.2) is 33.2 Å². The quantitative estimate of drug-likeness (QED) is 0.226. The van der Waals surface area contributed by atoms with Crippen LogP contribution in [0.15, 0.2) is 63.9 Å². The number of nitro groups is 1. The van der Waals surface area contributed by atoms with Gasteiger partial charge in [0, 0.05) is 28.8 Å². The fraction of sp³-hybridized carbons (Fsp3) is 0.0870. The Bertz CT molecular complexity index is 1350. The predicted octanol–water partition coefficient (Wildman–Crippen LogP) is 4.72. The van der Waals surface area contributed by atoms with E-state index in [1.165, 1.54) is 19.3 Å². The van der Waals surface area contributed by atoms with Gasteiger partial charge in [-0.2, -0.15) is 5.01 Å². The second-order valence-electron chi connectivity index (χ2n) is 7.15. The molecule has 3 aromatic rings. The van der Waals surface area contributed by atoms with E-state index in [9.17, 15) is 19.7 Å². The normalized spacial score (nSPS) is 14.5. The first-order valence-corrected chi connectivity index (χ1v) is 11.1. The van der Waals surface area contributed by atoms with Crippen molar-refractivity contribution in [3.63, 3.8) is 0 Å². The molecule has 9 nitrogen and oxygen atoms in total. The number of hydrogen-bond donors (Lipinski definition) is 1. The summed E-state index contributed by atoms with van der Waals surface area (Å²) in [5.41, 5.74) is 3.91. The van der Waals surface area contributed by atoms with Crippen LogP contribution in [0.1, 0.15) is 21.7 Å². The van der Waals surface area contributed by atoms with Crippen LogP contribution >= 0.6 is 24.0 Å². The number of amides is 2. The smallest absolute Gasteiger partial charge is 0.285 e. The van der Waals surface area contributed by atoms with Gasteiger partial charge in [-0.25, -0.2) is 0 Å². The maximum absolute atomic E-state index is 12.8. The fourth-order valence-corrected chi connectivity index (χ4v) is 4.31. The van der Waals surface area contributed by atoms with E-state index in [0.717, 1.165) is 16.8 Å². The summed E-state index contributed by atoms with van der Waals surface area (Å²) < 4.78 is 11.0. The maximum Gasteiger partial charge on any atom is 0.285 e. The number of nitrogens with zero attached hydrogens (tertiary/aromatic N) is 2. The molecular weight excluding hydrogens is 478 g/mol. The molecule has 172 valence electrons. The Morgan fingerprint density at radius 2 is 1.94 bits per heavy atom. The molecule has 0 spiro atoms. The third-order valence-corrected chi connectivity index (χ3v) is 6.25. The number of thiocarbonyl (C=S) groups is 1. The van der Waals surface area contributed by atoms with Crippen molar-refractivity contribution in [2.45, 2.75) is 6.92 Å². The molecule has 1 aliphatic rings. The lowest BCUT2D eigenvalue weighted by atomic mass is 10.1. The van der Waals surface area contributed by atoms with Crippen LogP contribution in [0.5, 0.6) is 5.75 Å². The minimum atomic E-state index is -0.499. The highest BCUT2D eigenvalue weighted by Gasteiger charge is 2.34. The first kappa shape index (κ1) is 23.2. The lowest BCUT2D eigenvalue weighted by Gasteiger charge is -2.15. The van der Waals surface area contributed by atoms with Crippen molar-refractivity contribution >= 4 is 51.9 Å². The minimum Gasteiger partial charge on any atom is -0.497 e. The summed E-state index contributed by atoms with van der Waals surface area (Å²) in [5, 5.41) is 12.2. The summed E-state index contributed by atoms with van der Waals surface area (Å²) in [6.45, 7) is 1.66. The second-order valence-corrected chi connectivity index (χ2v) is 8.82. The van der Waals surface area contributed by atoms with Crippen molar-refractivity contribution in [3.8, 4) is 17.1 Å². The Labute approximate surface area is 203 Å². The van der Waals surface area contributed by atoms with Gasteiger partial charge in [-0.15, -0.1) is 0 Å². The van der Waals surface area contributed by atoms with Crippen LogP contribution in [0, 0.1) is 17.0 Å². The number of benzene rings is 2. The standard InChI is InChI=1S/C23H17N3O6S2/c1-13-3-4-15(11-18(13)26(29)30)19-10-9-17(32-19)12-20-22(28)25(23(33)34-20)24-21(27)14-5-7-16(31-2)8-6-14/h3-12H,1-2H3,(H,24,27)/b20-12+. The monoisotopic (exact) mass is 495 g/mol. The summed E-state index contributed by atoms with van der Waals surface area (Å²) >= 11 is 6.27. The van der Waals surface area contributed by atoms with Crippen molar-refractivity contribution in [1.29, 1.82) is 0 Å². The molecule has 34 heavy (non-hydrogen) atoms. The number of ether oxygens (including phenoxy) is 1. The largest absolute Gasteiger partial charge is 0.497 e. The average molecular weight is 496 g/mol. The molecule has 4 rings (SSSR count). The summed E-state index contributed by atoms with van der Waals surface area (Å²) in [5.74, 6) is 0.378. The van der Waals surface area contributed by atoms with Gasteiger partial charge in [-0.05, 0) is 55.5 Å². The maximum atomic E-state index is 12.8. The number of nitrogens with one attached hydrogen (secondary N) is 1. The van der Waals surface area contributed by atoms with E-state index in [0.29, 0.717) is 34.0 Å². The molecule has 1 N–H and O–H groups in total. The van der Waals surface area contributed by atoms with Gasteiger partial charge in [0.1, 0.15) is 17.3 Å². The van der Waals surface area contributed by atoms with Gasteiger partial charge in [-0.1, -0.05) is 23.9 Å². The number of carbonyl (C=O) groups is 2. The molecule has 1 saturated heterocycles. The number of carbonyl (C=O) groups excluding carboxylic acids is 2. The number of hydrogen-bond acceptors (Lipinski definition) is 8. The number of thioether (sulfide) groups is 1. The highest BCUT2D eigenvalue weighted by Crippen LogP contribution is 2.33. The van der Waals surface area contributed by atoms with E-state index in [-0.39, 0.29) is 14.9 Å². The number of rotatable bonds is 6. The Morgan fingerprint density at radius 3 is 2.62 bits per heavy atom. The van der Waals surface area contributed by atoms with Gasteiger partial charge in [0.05, 0.1) is 16.9 Å². The molecule has 11 heteroatoms. The highest BCUT2D eigenvalue weighted by molar-refractivity contribution is 8.26. The van der Waals surface area contributed by atoms with E-state index in [4.69, 9.17) is 21.4 Å². The van der Waals surface area contributed by atoms with Crippen LogP contribution in [0.2, 0.25) is 0 Å². The first-order valence-electron chi connectivity index (χ1n) is 9.85. The molecule has 0 unspecified atom stereocenters. The summed E-state index contributed by atoms with van der Waals surface area (Å²) in [6.07, 6.45) is 1.50. The number of furan rings is 1. The van der Waals surface area contributed by atoms with Crippen LogP contribution in [0.4, 0.5) is 5.69 Å². The van der Waals surface area contributed by atoms with Crippen LogP contribution in [0.3, 0.4) is 0 Å². The molecule has 2 amide bonds. The third-order valence-electron chi connectivity index (χ3n) is 4.95. The van der Waals surface area contributed by atoms with Crippen molar-refractivity contribution in [2.24, 2.45) is 0 Å². The van der Waals surface area contributed by atoms with E-state index < -0.39 is 16.7 Å². The SMILES string of the molecule is COc1ccc(C(=O)NN2C(=O)/C(=C\c3ccc(-c4ccc(C)c([N+](=O)[O-])c4)o3)SC2=S)cc1. The zero-order valence-corrected chi connectivity index (χ0v) is 19.6. The molecule has 1 fully saturated rings. The number of hydrazine groups is 1. The Kier molecular flexibility index (Phi) is 6.48. The molecule has 2 aromatic carbocycles. The Morgan fingerprint density at radius 1 is 1.21 bits per heavy atom. The van der Waals surface area contributed by atoms with Crippen molar-refractivity contribution < 1.29 is 23.7 Å². The summed E-state index contributed by atoms with van der Waals surface area (Å²) in [4.78, 5) is 36.4. The molecule has 0 bridgehead atoms. The van der Waals surface area contributed by atoms with Gasteiger partial charge >= 0.3 is 0 Å². The Hall–Kier alpha value is -3.96. The van der Waals surface area contributed by atoms with Crippen molar-refractivity contribution in [2.75, 3.05) is 7.11 Å². The topological polar surface area (TPSA) is 115 Å². The number of aryl methyl sites for hydroxylation is 1. The van der Waals surface area contributed by atoms with Crippen LogP contribution < -0.4 is 10.2 Å². The molecule has 0 atom stereocenters. The lowest BCUT2D eigenvalue weighted by Crippen LogP contribution is -2.44. The van der Waals surface area contributed by atoms with Gasteiger partial charge < -0.3 is 9.15 Å². The van der Waals surface area contributed by atoms with E-state index in [1.807, 2.05) is 0 Å². The Balaban J connectivity index is 1.50. The highest BCUT2D eigenvalue weighted by atomic mass is 32.2. The van der Waals surface area contributed by atoms with Crippen molar-refractivity contribution in [3.05, 3.63) is 86.5 Å². The van der Waals surface area contributed by atoms with E-state index >= 15 is 0 Å². The molecule has 0 radical (unpaired) electrons. The molecule has 0 aliphatic carbocycles. The predicted molar refractivity (Wildman–Crippen MR) is 131 cm³/mol. The summed E-state index contributed by atoms with van der Waals surface area (Å²) in [6, 6.07) is 14.5. The van der Waals surface area contributed by atoms with E-state index in [2.05, 4.69) is 5.43 Å². The lowest BCUT2D eigenvalue weighted by molar-refractivity contribution is -0.385. The summed E-state index contributed by atoms with van der Waals surface area (Å²) in [7, 11) is 1.52. The number of methoxy groups -OCH3 is 1. The van der Waals surface area contributed by atoms with E-state index in [1.54, 1.807) is 55.5 Å². The van der Waals surface area contributed by atoms with Crippen molar-refractivity contribution in [1.82, 2.24) is 10.4 Å².